The molecule has 1 unspecified atom stereocenters. The van der Waals surface area contributed by atoms with Crippen LogP contribution in [0.5, 0.6) is 0 Å². The zero-order valence-corrected chi connectivity index (χ0v) is 9.98. The van der Waals surface area contributed by atoms with Gasteiger partial charge in [-0.15, -0.1) is 6.42 Å². The van der Waals surface area contributed by atoms with Gasteiger partial charge in [0.05, 0.1) is 13.2 Å². The van der Waals surface area contributed by atoms with Crippen LogP contribution in [0.3, 0.4) is 0 Å². The summed E-state index contributed by atoms with van der Waals surface area (Å²) in [4.78, 5) is 2.00. The number of rotatable bonds is 5. The van der Waals surface area contributed by atoms with Crippen LogP contribution in [-0.4, -0.2) is 36.2 Å². The normalized spacial score (nSPS) is 12.4. The fourth-order valence-corrected chi connectivity index (χ4v) is 1.63. The van der Waals surface area contributed by atoms with Gasteiger partial charge in [0, 0.05) is 6.04 Å². The van der Waals surface area contributed by atoms with Crippen LogP contribution in [-0.2, 0) is 6.42 Å². The molecule has 2 heteroatoms. The van der Waals surface area contributed by atoms with Crippen molar-refractivity contribution in [3.63, 3.8) is 0 Å². The molecule has 1 rings (SSSR count). The van der Waals surface area contributed by atoms with Gasteiger partial charge in [-0.05, 0) is 26.0 Å². The van der Waals surface area contributed by atoms with Crippen molar-refractivity contribution in [3.05, 3.63) is 35.4 Å². The Balaban J connectivity index is 2.63. The molecule has 0 amide bonds. The standard InChI is InChI=1S/C14H19NO/c1-4-9-15(3)14(11-16)10-13-7-5-12(2)6-8-13/h1,5-8,14,16H,9-11H2,2-3H3. The third-order valence-electron chi connectivity index (χ3n) is 2.77. The van der Waals surface area contributed by atoms with E-state index in [0.29, 0.717) is 6.54 Å². The first-order valence-electron chi connectivity index (χ1n) is 5.47. The zero-order chi connectivity index (χ0) is 12.0. The summed E-state index contributed by atoms with van der Waals surface area (Å²) < 4.78 is 0. The van der Waals surface area contributed by atoms with Crippen LogP contribution < -0.4 is 0 Å². The van der Waals surface area contributed by atoms with E-state index in [2.05, 4.69) is 37.1 Å². The molecule has 0 aliphatic heterocycles. The Hall–Kier alpha value is -1.30. The first-order valence-corrected chi connectivity index (χ1v) is 5.47. The maximum Gasteiger partial charge on any atom is 0.0599 e. The number of benzene rings is 1. The monoisotopic (exact) mass is 217 g/mol. The van der Waals surface area contributed by atoms with Crippen LogP contribution in [0.1, 0.15) is 11.1 Å². The Morgan fingerprint density at radius 2 is 2.00 bits per heavy atom. The van der Waals surface area contributed by atoms with Gasteiger partial charge in [-0.2, -0.15) is 0 Å². The molecule has 0 radical (unpaired) electrons. The predicted molar refractivity (Wildman–Crippen MR) is 67.2 cm³/mol. The lowest BCUT2D eigenvalue weighted by atomic mass is 10.0. The smallest absolute Gasteiger partial charge is 0.0599 e. The molecule has 0 aliphatic rings. The minimum absolute atomic E-state index is 0.0961. The third-order valence-corrected chi connectivity index (χ3v) is 2.77. The van der Waals surface area contributed by atoms with Crippen molar-refractivity contribution >= 4 is 0 Å². The maximum atomic E-state index is 9.33. The molecule has 0 aliphatic carbocycles. The fraction of sp³-hybridized carbons (Fsp3) is 0.429. The van der Waals surface area contributed by atoms with E-state index in [0.717, 1.165) is 6.42 Å². The van der Waals surface area contributed by atoms with Gasteiger partial charge in [0.1, 0.15) is 0 Å². The summed E-state index contributed by atoms with van der Waals surface area (Å²) in [6.07, 6.45) is 6.09. The summed E-state index contributed by atoms with van der Waals surface area (Å²) in [6, 6.07) is 8.47. The summed E-state index contributed by atoms with van der Waals surface area (Å²) in [6.45, 7) is 2.76. The number of nitrogens with zero attached hydrogens (tertiary/aromatic N) is 1. The Morgan fingerprint density at radius 3 is 2.50 bits per heavy atom. The van der Waals surface area contributed by atoms with E-state index in [1.165, 1.54) is 11.1 Å². The maximum absolute atomic E-state index is 9.33. The molecule has 0 heterocycles. The van der Waals surface area contributed by atoms with Crippen LogP contribution in [0.25, 0.3) is 0 Å². The van der Waals surface area contributed by atoms with Gasteiger partial charge >= 0.3 is 0 Å². The van der Waals surface area contributed by atoms with E-state index in [1.807, 2.05) is 11.9 Å². The molecule has 1 N–H and O–H groups in total. The lowest BCUT2D eigenvalue weighted by molar-refractivity contribution is 0.158. The largest absolute Gasteiger partial charge is 0.395 e. The van der Waals surface area contributed by atoms with Crippen LogP contribution >= 0.6 is 0 Å². The number of aliphatic hydroxyl groups is 1. The number of terminal acetylenes is 1. The predicted octanol–water partition coefficient (Wildman–Crippen LogP) is 1.46. The van der Waals surface area contributed by atoms with Crippen LogP contribution in [0.15, 0.2) is 24.3 Å². The van der Waals surface area contributed by atoms with Gasteiger partial charge in [-0.25, -0.2) is 0 Å². The molecule has 86 valence electrons. The van der Waals surface area contributed by atoms with Crippen LogP contribution in [0.4, 0.5) is 0 Å². The minimum Gasteiger partial charge on any atom is -0.395 e. The molecule has 0 saturated carbocycles. The molecule has 1 atom stereocenters. The number of hydrogen-bond acceptors (Lipinski definition) is 2. The van der Waals surface area contributed by atoms with Gasteiger partial charge < -0.3 is 5.11 Å². The average molecular weight is 217 g/mol. The topological polar surface area (TPSA) is 23.5 Å². The van der Waals surface area contributed by atoms with Gasteiger partial charge in [-0.3, -0.25) is 4.90 Å². The van der Waals surface area contributed by atoms with Gasteiger partial charge in [0.25, 0.3) is 0 Å². The Labute approximate surface area is 97.9 Å². The van der Waals surface area contributed by atoms with Crippen molar-refractivity contribution < 1.29 is 5.11 Å². The molecule has 1 aromatic carbocycles. The zero-order valence-electron chi connectivity index (χ0n) is 9.98. The second kappa shape index (κ2) is 6.32. The molecular weight excluding hydrogens is 198 g/mol. The van der Waals surface area contributed by atoms with Crippen molar-refractivity contribution in [2.45, 2.75) is 19.4 Å². The Morgan fingerprint density at radius 1 is 1.38 bits per heavy atom. The summed E-state index contributed by atoms with van der Waals surface area (Å²) in [5.74, 6) is 2.59. The molecule has 2 nitrogen and oxygen atoms in total. The molecule has 0 spiro atoms. The molecule has 0 bridgehead atoms. The SMILES string of the molecule is C#CCN(C)C(CO)Cc1ccc(C)cc1. The quantitative estimate of drug-likeness (QED) is 0.755. The lowest BCUT2D eigenvalue weighted by Gasteiger charge is -2.24. The van der Waals surface area contributed by atoms with Crippen LogP contribution in [0.2, 0.25) is 0 Å². The fourth-order valence-electron chi connectivity index (χ4n) is 1.63. The highest BCUT2D eigenvalue weighted by atomic mass is 16.3. The molecule has 0 fully saturated rings. The first kappa shape index (κ1) is 12.8. The van der Waals surface area contributed by atoms with Crippen molar-refractivity contribution in [1.29, 1.82) is 0 Å². The van der Waals surface area contributed by atoms with E-state index < -0.39 is 0 Å². The van der Waals surface area contributed by atoms with Crippen molar-refractivity contribution in [1.82, 2.24) is 4.90 Å². The number of hydrogen-bond donors (Lipinski definition) is 1. The second-order valence-electron chi connectivity index (χ2n) is 4.15. The highest BCUT2D eigenvalue weighted by molar-refractivity contribution is 5.22. The summed E-state index contributed by atoms with van der Waals surface area (Å²) in [5.41, 5.74) is 2.48. The van der Waals surface area contributed by atoms with E-state index >= 15 is 0 Å². The highest BCUT2D eigenvalue weighted by Crippen LogP contribution is 2.09. The summed E-state index contributed by atoms with van der Waals surface area (Å²) in [5, 5.41) is 9.33. The summed E-state index contributed by atoms with van der Waals surface area (Å²) in [7, 11) is 1.94. The average Bonchev–Trinajstić information content (AvgIpc) is 2.28. The van der Waals surface area contributed by atoms with Gasteiger partial charge in [0.2, 0.25) is 0 Å². The molecule has 0 saturated heterocycles. The second-order valence-corrected chi connectivity index (χ2v) is 4.15. The molecular formula is C14H19NO. The lowest BCUT2D eigenvalue weighted by Crippen LogP contribution is -2.36. The highest BCUT2D eigenvalue weighted by Gasteiger charge is 2.13. The third kappa shape index (κ3) is 3.69. The van der Waals surface area contributed by atoms with E-state index in [4.69, 9.17) is 6.42 Å². The van der Waals surface area contributed by atoms with E-state index in [-0.39, 0.29) is 12.6 Å². The molecule has 1 aromatic rings. The van der Waals surface area contributed by atoms with Crippen molar-refractivity contribution in [2.24, 2.45) is 0 Å². The molecule has 16 heavy (non-hydrogen) atoms. The van der Waals surface area contributed by atoms with Crippen molar-refractivity contribution in [3.8, 4) is 12.3 Å². The van der Waals surface area contributed by atoms with E-state index in [9.17, 15) is 5.11 Å². The van der Waals surface area contributed by atoms with E-state index in [1.54, 1.807) is 0 Å². The number of likely N-dealkylation sites (N-methyl/N-ethyl adjacent to an activating group) is 1. The van der Waals surface area contributed by atoms with Crippen molar-refractivity contribution in [2.75, 3.05) is 20.2 Å². The first-order chi connectivity index (χ1) is 7.67. The Bertz CT molecular complexity index is 350. The minimum atomic E-state index is 0.0961. The number of aliphatic hydroxyl groups excluding tert-OH is 1. The Kier molecular flexibility index (Phi) is 5.04. The molecule has 0 aromatic heterocycles. The number of aryl methyl sites for hydroxylation is 1. The van der Waals surface area contributed by atoms with Gasteiger partial charge in [0.15, 0.2) is 0 Å². The summed E-state index contributed by atoms with van der Waals surface area (Å²) >= 11 is 0. The van der Waals surface area contributed by atoms with Crippen LogP contribution in [0, 0.1) is 19.3 Å². The van der Waals surface area contributed by atoms with Gasteiger partial charge in [-0.1, -0.05) is 35.7 Å².